The molecule has 0 amide bonds. The van der Waals surface area contributed by atoms with Gasteiger partial charge in [-0.2, -0.15) is 0 Å². The quantitative estimate of drug-likeness (QED) is 0.814. The number of benzene rings is 1. The highest BCUT2D eigenvalue weighted by Crippen LogP contribution is 2.26. The fraction of sp³-hybridized carbons (Fsp3) is 0.571. The van der Waals surface area contributed by atoms with Crippen LogP contribution in [-0.4, -0.2) is 25.8 Å². The molecule has 0 radical (unpaired) electrons. The van der Waals surface area contributed by atoms with Gasteiger partial charge >= 0.3 is 0 Å². The molecule has 1 aliphatic heterocycles. The maximum absolute atomic E-state index is 5.99. The Hall–Kier alpha value is -1.22. The van der Waals surface area contributed by atoms with Gasteiger partial charge in [-0.3, -0.25) is 0 Å². The van der Waals surface area contributed by atoms with Crippen molar-refractivity contribution in [2.24, 2.45) is 0 Å². The highest BCUT2D eigenvalue weighted by atomic mass is 16.5. The molecule has 1 fully saturated rings. The number of hydrogen-bond acceptors (Lipinski definition) is 3. The molecule has 0 spiro atoms. The number of ether oxygens (including phenoxy) is 1. The van der Waals surface area contributed by atoms with Crippen LogP contribution in [0.5, 0.6) is 0 Å². The summed E-state index contributed by atoms with van der Waals surface area (Å²) in [7, 11) is 0. The highest BCUT2D eigenvalue weighted by molar-refractivity contribution is 5.67. The zero-order valence-electron chi connectivity index (χ0n) is 10.6. The summed E-state index contributed by atoms with van der Waals surface area (Å²) in [6.45, 7) is 5.13. The average molecular weight is 234 g/mol. The lowest BCUT2D eigenvalue weighted by Gasteiger charge is -2.34. The molecule has 1 aromatic carbocycles. The van der Waals surface area contributed by atoms with E-state index in [1.54, 1.807) is 0 Å². The van der Waals surface area contributed by atoms with Crippen LogP contribution in [0.2, 0.25) is 0 Å². The van der Waals surface area contributed by atoms with Crippen LogP contribution in [0.4, 0.5) is 11.4 Å². The molecule has 0 atom stereocenters. The topological polar surface area (TPSA) is 38.5 Å². The van der Waals surface area contributed by atoms with Crippen molar-refractivity contribution in [2.75, 3.05) is 30.3 Å². The minimum absolute atomic E-state index is 0.441. The van der Waals surface area contributed by atoms with Gasteiger partial charge in [0, 0.05) is 19.7 Å². The van der Waals surface area contributed by atoms with Gasteiger partial charge in [0.25, 0.3) is 0 Å². The Morgan fingerprint density at radius 1 is 1.29 bits per heavy atom. The first kappa shape index (κ1) is 12.2. The SMILES string of the molecule is CCCOC1CCN(c2ccccc2N)CC1. The number of nitrogens with two attached hydrogens (primary N) is 1. The van der Waals surface area contributed by atoms with Crippen LogP contribution < -0.4 is 10.6 Å². The molecule has 1 saturated heterocycles. The van der Waals surface area contributed by atoms with Crippen molar-refractivity contribution in [1.29, 1.82) is 0 Å². The maximum atomic E-state index is 5.99. The Kier molecular flexibility index (Phi) is 4.26. The lowest BCUT2D eigenvalue weighted by Crippen LogP contribution is -2.37. The van der Waals surface area contributed by atoms with Crippen molar-refractivity contribution in [2.45, 2.75) is 32.3 Å². The first-order valence-corrected chi connectivity index (χ1v) is 6.52. The third-order valence-electron chi connectivity index (χ3n) is 3.28. The molecule has 1 heterocycles. The second kappa shape index (κ2) is 5.92. The molecule has 0 bridgehead atoms. The normalized spacial score (nSPS) is 17.4. The summed E-state index contributed by atoms with van der Waals surface area (Å²) in [5.41, 5.74) is 8.04. The van der Waals surface area contributed by atoms with E-state index in [4.69, 9.17) is 10.5 Å². The molecule has 2 rings (SSSR count). The number of nitrogens with zero attached hydrogens (tertiary/aromatic N) is 1. The van der Waals surface area contributed by atoms with Crippen LogP contribution in [-0.2, 0) is 4.74 Å². The summed E-state index contributed by atoms with van der Waals surface area (Å²) in [6, 6.07) is 8.10. The van der Waals surface area contributed by atoms with Crippen molar-refractivity contribution in [3.8, 4) is 0 Å². The number of anilines is 2. The van der Waals surface area contributed by atoms with E-state index < -0.39 is 0 Å². The van der Waals surface area contributed by atoms with Gasteiger partial charge in [-0.05, 0) is 31.4 Å². The summed E-state index contributed by atoms with van der Waals surface area (Å²) in [6.07, 6.45) is 3.75. The van der Waals surface area contributed by atoms with Gasteiger partial charge in [0.1, 0.15) is 0 Å². The maximum Gasteiger partial charge on any atom is 0.0608 e. The molecule has 1 aliphatic rings. The molecular weight excluding hydrogens is 212 g/mol. The lowest BCUT2D eigenvalue weighted by atomic mass is 10.1. The standard InChI is InChI=1S/C14H22N2O/c1-2-11-17-12-7-9-16(10-8-12)14-6-4-3-5-13(14)15/h3-6,12H,2,7-11,15H2,1H3. The van der Waals surface area contributed by atoms with Gasteiger partial charge in [-0.1, -0.05) is 19.1 Å². The third-order valence-corrected chi connectivity index (χ3v) is 3.28. The van der Waals surface area contributed by atoms with Crippen molar-refractivity contribution >= 4 is 11.4 Å². The Labute approximate surface area is 104 Å². The van der Waals surface area contributed by atoms with Gasteiger partial charge in [-0.25, -0.2) is 0 Å². The van der Waals surface area contributed by atoms with Gasteiger partial charge in [0.15, 0.2) is 0 Å². The summed E-state index contributed by atoms with van der Waals surface area (Å²) in [5, 5.41) is 0. The van der Waals surface area contributed by atoms with E-state index in [1.165, 1.54) is 5.69 Å². The fourth-order valence-electron chi connectivity index (χ4n) is 2.32. The predicted molar refractivity (Wildman–Crippen MR) is 72.3 cm³/mol. The van der Waals surface area contributed by atoms with Crippen LogP contribution in [0.1, 0.15) is 26.2 Å². The number of para-hydroxylation sites is 2. The Morgan fingerprint density at radius 3 is 2.65 bits per heavy atom. The summed E-state index contributed by atoms with van der Waals surface area (Å²) >= 11 is 0. The predicted octanol–water partition coefficient (Wildman–Crippen LogP) is 2.66. The van der Waals surface area contributed by atoms with Crippen molar-refractivity contribution in [3.63, 3.8) is 0 Å². The molecule has 17 heavy (non-hydrogen) atoms. The molecule has 94 valence electrons. The minimum Gasteiger partial charge on any atom is -0.397 e. The molecule has 0 aromatic heterocycles. The zero-order chi connectivity index (χ0) is 12.1. The van der Waals surface area contributed by atoms with Gasteiger partial charge in [0.2, 0.25) is 0 Å². The van der Waals surface area contributed by atoms with Crippen LogP contribution in [0.3, 0.4) is 0 Å². The van der Waals surface area contributed by atoms with E-state index in [0.717, 1.165) is 44.6 Å². The zero-order valence-corrected chi connectivity index (χ0v) is 10.6. The molecule has 0 saturated carbocycles. The van der Waals surface area contributed by atoms with Gasteiger partial charge in [0.05, 0.1) is 17.5 Å². The van der Waals surface area contributed by atoms with E-state index in [2.05, 4.69) is 17.9 Å². The van der Waals surface area contributed by atoms with Crippen molar-refractivity contribution in [3.05, 3.63) is 24.3 Å². The summed E-state index contributed by atoms with van der Waals surface area (Å²) in [5.74, 6) is 0. The Morgan fingerprint density at radius 2 is 2.00 bits per heavy atom. The molecule has 3 nitrogen and oxygen atoms in total. The Bertz CT molecular complexity index is 346. The molecule has 0 unspecified atom stereocenters. The second-order valence-electron chi connectivity index (χ2n) is 4.62. The van der Waals surface area contributed by atoms with E-state index >= 15 is 0 Å². The van der Waals surface area contributed by atoms with Crippen LogP contribution >= 0.6 is 0 Å². The van der Waals surface area contributed by atoms with Gasteiger partial charge in [-0.15, -0.1) is 0 Å². The fourth-order valence-corrected chi connectivity index (χ4v) is 2.32. The lowest BCUT2D eigenvalue weighted by molar-refractivity contribution is 0.0375. The molecule has 0 aliphatic carbocycles. The number of hydrogen-bond donors (Lipinski definition) is 1. The molecule has 3 heteroatoms. The van der Waals surface area contributed by atoms with Crippen molar-refractivity contribution < 1.29 is 4.74 Å². The van der Waals surface area contributed by atoms with Crippen LogP contribution in [0, 0.1) is 0 Å². The molecule has 1 aromatic rings. The summed E-state index contributed by atoms with van der Waals surface area (Å²) in [4.78, 5) is 2.36. The highest BCUT2D eigenvalue weighted by Gasteiger charge is 2.20. The number of piperidine rings is 1. The monoisotopic (exact) mass is 234 g/mol. The minimum atomic E-state index is 0.441. The summed E-state index contributed by atoms with van der Waals surface area (Å²) < 4.78 is 5.79. The van der Waals surface area contributed by atoms with Gasteiger partial charge < -0.3 is 15.4 Å². The second-order valence-corrected chi connectivity index (χ2v) is 4.62. The number of rotatable bonds is 4. The van der Waals surface area contributed by atoms with E-state index in [-0.39, 0.29) is 0 Å². The van der Waals surface area contributed by atoms with Crippen LogP contribution in [0.25, 0.3) is 0 Å². The first-order valence-electron chi connectivity index (χ1n) is 6.52. The average Bonchev–Trinajstić information content (AvgIpc) is 2.38. The molecular formula is C14H22N2O. The van der Waals surface area contributed by atoms with E-state index in [1.807, 2.05) is 18.2 Å². The smallest absolute Gasteiger partial charge is 0.0608 e. The third kappa shape index (κ3) is 3.13. The molecule has 2 N–H and O–H groups in total. The Balaban J connectivity index is 1.89. The van der Waals surface area contributed by atoms with E-state index in [0.29, 0.717) is 6.10 Å². The largest absolute Gasteiger partial charge is 0.397 e. The number of nitrogen functional groups attached to an aromatic ring is 1. The van der Waals surface area contributed by atoms with Crippen LogP contribution in [0.15, 0.2) is 24.3 Å². The van der Waals surface area contributed by atoms with Crippen molar-refractivity contribution in [1.82, 2.24) is 0 Å². The first-order chi connectivity index (χ1) is 8.31. The van der Waals surface area contributed by atoms with E-state index in [9.17, 15) is 0 Å².